The predicted octanol–water partition coefficient (Wildman–Crippen LogP) is 5.14. The molecular formula is C23H24N2O2S. The van der Waals surface area contributed by atoms with Crippen molar-refractivity contribution in [1.82, 2.24) is 4.90 Å². The summed E-state index contributed by atoms with van der Waals surface area (Å²) in [6, 6.07) is 14.3. The highest BCUT2D eigenvalue weighted by atomic mass is 32.2. The largest absolute Gasteiger partial charge is 0.372 e. The van der Waals surface area contributed by atoms with Crippen LogP contribution in [0.1, 0.15) is 35.1 Å². The first-order valence-corrected chi connectivity index (χ1v) is 10.5. The van der Waals surface area contributed by atoms with Crippen molar-refractivity contribution in [2.75, 3.05) is 18.0 Å². The molecule has 2 fully saturated rings. The number of hydrogen-bond donors (Lipinski definition) is 0. The Balaban J connectivity index is 1.52. The zero-order chi connectivity index (χ0) is 19.7. The molecule has 0 atom stereocenters. The molecule has 0 spiro atoms. The second kappa shape index (κ2) is 7.84. The van der Waals surface area contributed by atoms with Crippen molar-refractivity contribution >= 4 is 34.7 Å². The van der Waals surface area contributed by atoms with Gasteiger partial charge in [-0.15, -0.1) is 0 Å². The van der Waals surface area contributed by atoms with Crippen LogP contribution < -0.4 is 4.90 Å². The molecule has 144 valence electrons. The Morgan fingerprint density at radius 2 is 1.71 bits per heavy atom. The number of thioether (sulfide) groups is 1. The number of carbonyl (C=O) groups is 2. The van der Waals surface area contributed by atoms with Gasteiger partial charge in [-0.2, -0.15) is 0 Å². The third kappa shape index (κ3) is 3.85. The number of rotatable bonds is 4. The van der Waals surface area contributed by atoms with E-state index in [0.717, 1.165) is 47.1 Å². The molecule has 2 aromatic carbocycles. The number of carbonyl (C=O) groups excluding carboxylic acids is 2. The minimum Gasteiger partial charge on any atom is -0.372 e. The van der Waals surface area contributed by atoms with E-state index in [1.165, 1.54) is 23.4 Å². The molecule has 0 aromatic heterocycles. The number of hydrogen-bond acceptors (Lipinski definition) is 4. The van der Waals surface area contributed by atoms with E-state index in [2.05, 4.69) is 30.0 Å². The van der Waals surface area contributed by atoms with Gasteiger partial charge >= 0.3 is 0 Å². The first-order valence-electron chi connectivity index (χ1n) is 9.68. The molecule has 2 saturated heterocycles. The maximum atomic E-state index is 12.8. The second-order valence-electron chi connectivity index (χ2n) is 7.49. The molecule has 0 aliphatic carbocycles. The van der Waals surface area contributed by atoms with Crippen molar-refractivity contribution in [3.63, 3.8) is 0 Å². The summed E-state index contributed by atoms with van der Waals surface area (Å²) in [7, 11) is 0. The zero-order valence-corrected chi connectivity index (χ0v) is 17.1. The van der Waals surface area contributed by atoms with Crippen LogP contribution in [0, 0.1) is 13.8 Å². The van der Waals surface area contributed by atoms with Crippen LogP contribution >= 0.6 is 11.8 Å². The molecule has 4 nitrogen and oxygen atoms in total. The van der Waals surface area contributed by atoms with E-state index >= 15 is 0 Å². The quantitative estimate of drug-likeness (QED) is 0.676. The molecule has 2 aromatic rings. The molecule has 2 amide bonds. The molecule has 28 heavy (non-hydrogen) atoms. The van der Waals surface area contributed by atoms with Gasteiger partial charge in [-0.1, -0.05) is 35.9 Å². The van der Waals surface area contributed by atoms with Crippen LogP contribution in [0.2, 0.25) is 0 Å². The lowest BCUT2D eigenvalue weighted by Gasteiger charge is -2.18. The fourth-order valence-electron chi connectivity index (χ4n) is 3.65. The number of benzene rings is 2. The Kier molecular flexibility index (Phi) is 5.27. The van der Waals surface area contributed by atoms with Gasteiger partial charge in [-0.25, -0.2) is 0 Å². The van der Waals surface area contributed by atoms with E-state index in [9.17, 15) is 9.59 Å². The summed E-state index contributed by atoms with van der Waals surface area (Å²) in [4.78, 5) is 29.4. The van der Waals surface area contributed by atoms with Gasteiger partial charge in [-0.3, -0.25) is 14.5 Å². The van der Waals surface area contributed by atoms with Gasteiger partial charge in [-0.05, 0) is 73.4 Å². The topological polar surface area (TPSA) is 40.6 Å². The molecule has 2 heterocycles. The van der Waals surface area contributed by atoms with Crippen LogP contribution in [0.5, 0.6) is 0 Å². The molecular weight excluding hydrogens is 368 g/mol. The van der Waals surface area contributed by atoms with Gasteiger partial charge in [0.15, 0.2) is 0 Å². The molecule has 0 saturated carbocycles. The van der Waals surface area contributed by atoms with Crippen molar-refractivity contribution in [2.45, 2.75) is 33.2 Å². The van der Waals surface area contributed by atoms with Crippen molar-refractivity contribution in [2.24, 2.45) is 0 Å². The number of nitrogens with zero attached hydrogens (tertiary/aromatic N) is 2. The lowest BCUT2D eigenvalue weighted by molar-refractivity contribution is -0.123. The number of imide groups is 1. The Labute approximate surface area is 170 Å². The lowest BCUT2D eigenvalue weighted by atomic mass is 10.1. The van der Waals surface area contributed by atoms with Crippen molar-refractivity contribution in [3.05, 3.63) is 69.6 Å². The minimum atomic E-state index is -0.210. The van der Waals surface area contributed by atoms with Crippen LogP contribution in [-0.2, 0) is 11.3 Å². The Morgan fingerprint density at radius 1 is 1.00 bits per heavy atom. The van der Waals surface area contributed by atoms with E-state index in [1.54, 1.807) is 0 Å². The molecule has 0 unspecified atom stereocenters. The third-order valence-electron chi connectivity index (χ3n) is 5.35. The zero-order valence-electron chi connectivity index (χ0n) is 16.3. The summed E-state index contributed by atoms with van der Waals surface area (Å²) in [5.41, 5.74) is 5.46. The smallest absolute Gasteiger partial charge is 0.293 e. The van der Waals surface area contributed by atoms with Gasteiger partial charge in [0.05, 0.1) is 11.4 Å². The summed E-state index contributed by atoms with van der Waals surface area (Å²) in [5, 5.41) is -0.205. The first-order chi connectivity index (χ1) is 13.5. The normalized spacial score (nSPS) is 18.6. The number of amides is 2. The molecule has 0 N–H and O–H groups in total. The molecule has 2 aliphatic rings. The number of aryl methyl sites for hydroxylation is 2. The standard InChI is InChI=1S/C23H24N2O2S/c1-16-5-7-18(8-6-16)15-25-22(26)21(28-23(25)27)14-19-9-10-20(13-17(19)2)24-11-3-4-12-24/h5-10,13-14H,3-4,11-12,15H2,1-2H3/b21-14+. The highest BCUT2D eigenvalue weighted by Gasteiger charge is 2.35. The monoisotopic (exact) mass is 392 g/mol. The average Bonchev–Trinajstić information content (AvgIpc) is 3.30. The summed E-state index contributed by atoms with van der Waals surface area (Å²) in [6.07, 6.45) is 4.34. The van der Waals surface area contributed by atoms with Crippen LogP contribution in [0.15, 0.2) is 47.4 Å². The number of anilines is 1. The average molecular weight is 393 g/mol. The van der Waals surface area contributed by atoms with Crippen molar-refractivity contribution < 1.29 is 9.59 Å². The maximum Gasteiger partial charge on any atom is 0.293 e. The summed E-state index contributed by atoms with van der Waals surface area (Å²) in [6.45, 7) is 6.61. The Morgan fingerprint density at radius 3 is 2.39 bits per heavy atom. The van der Waals surface area contributed by atoms with E-state index in [1.807, 2.05) is 37.3 Å². The summed E-state index contributed by atoms with van der Waals surface area (Å²) < 4.78 is 0. The SMILES string of the molecule is Cc1ccc(CN2C(=O)S/C(=C/c3ccc(N4CCCC4)cc3C)C2=O)cc1. The van der Waals surface area contributed by atoms with Crippen molar-refractivity contribution in [1.29, 1.82) is 0 Å². The van der Waals surface area contributed by atoms with Crippen molar-refractivity contribution in [3.8, 4) is 0 Å². The van der Waals surface area contributed by atoms with Gasteiger partial charge in [0.2, 0.25) is 0 Å². The van der Waals surface area contributed by atoms with Crippen LogP contribution in [-0.4, -0.2) is 29.1 Å². The van der Waals surface area contributed by atoms with E-state index in [4.69, 9.17) is 0 Å². The van der Waals surface area contributed by atoms with Crippen LogP contribution in [0.25, 0.3) is 6.08 Å². The fourth-order valence-corrected chi connectivity index (χ4v) is 4.48. The third-order valence-corrected chi connectivity index (χ3v) is 6.25. The van der Waals surface area contributed by atoms with Gasteiger partial charge in [0.25, 0.3) is 11.1 Å². The molecule has 2 aliphatic heterocycles. The van der Waals surface area contributed by atoms with E-state index in [-0.39, 0.29) is 11.1 Å². The van der Waals surface area contributed by atoms with Crippen LogP contribution in [0.3, 0.4) is 0 Å². The fraction of sp³-hybridized carbons (Fsp3) is 0.304. The molecule has 5 heteroatoms. The first kappa shape index (κ1) is 18.8. The van der Waals surface area contributed by atoms with Gasteiger partial charge < -0.3 is 4.90 Å². The Hall–Kier alpha value is -2.53. The van der Waals surface area contributed by atoms with E-state index in [0.29, 0.717) is 11.4 Å². The van der Waals surface area contributed by atoms with E-state index < -0.39 is 0 Å². The summed E-state index contributed by atoms with van der Waals surface area (Å²) >= 11 is 1.03. The molecule has 4 rings (SSSR count). The second-order valence-corrected chi connectivity index (χ2v) is 8.48. The molecule has 0 radical (unpaired) electrons. The van der Waals surface area contributed by atoms with Gasteiger partial charge in [0, 0.05) is 18.8 Å². The highest BCUT2D eigenvalue weighted by molar-refractivity contribution is 8.18. The Bertz CT molecular complexity index is 944. The maximum absolute atomic E-state index is 12.8. The lowest BCUT2D eigenvalue weighted by Crippen LogP contribution is -2.27. The summed E-state index contributed by atoms with van der Waals surface area (Å²) in [5.74, 6) is -0.210. The van der Waals surface area contributed by atoms with Crippen LogP contribution in [0.4, 0.5) is 10.5 Å². The predicted molar refractivity (Wildman–Crippen MR) is 115 cm³/mol. The van der Waals surface area contributed by atoms with Gasteiger partial charge in [0.1, 0.15) is 0 Å². The highest BCUT2D eigenvalue weighted by Crippen LogP contribution is 2.34. The minimum absolute atomic E-state index is 0.205. The molecule has 0 bridgehead atoms.